The van der Waals surface area contributed by atoms with Crippen LogP contribution in [0.4, 0.5) is 11.4 Å². The van der Waals surface area contributed by atoms with Gasteiger partial charge in [0.25, 0.3) is 5.91 Å². The molecule has 0 unspecified atom stereocenters. The molecule has 8 heteroatoms. The van der Waals surface area contributed by atoms with E-state index in [9.17, 15) is 9.59 Å². The van der Waals surface area contributed by atoms with E-state index >= 15 is 0 Å². The van der Waals surface area contributed by atoms with Crippen molar-refractivity contribution in [1.29, 1.82) is 5.26 Å². The van der Waals surface area contributed by atoms with Crippen molar-refractivity contribution in [1.82, 2.24) is 0 Å². The molecule has 0 bridgehead atoms. The lowest BCUT2D eigenvalue weighted by molar-refractivity contribution is -0.123. The third-order valence-corrected chi connectivity index (χ3v) is 3.79. The van der Waals surface area contributed by atoms with Gasteiger partial charge in [0.05, 0.1) is 16.1 Å². The minimum absolute atomic E-state index is 0.116. The van der Waals surface area contributed by atoms with Crippen LogP contribution in [0.1, 0.15) is 22.8 Å². The van der Waals surface area contributed by atoms with Gasteiger partial charge < -0.3 is 15.8 Å². The van der Waals surface area contributed by atoms with Crippen molar-refractivity contribution in [2.24, 2.45) is 0 Å². The summed E-state index contributed by atoms with van der Waals surface area (Å²) in [6.45, 7) is 1.42. The first-order chi connectivity index (χ1) is 11.8. The fourth-order valence-corrected chi connectivity index (χ4v) is 2.33. The summed E-state index contributed by atoms with van der Waals surface area (Å²) in [6.07, 6.45) is -1.07. The molecule has 0 fully saturated rings. The maximum atomic E-state index is 12.1. The molecule has 0 aliphatic carbocycles. The lowest BCUT2D eigenvalue weighted by Crippen LogP contribution is -2.30. The number of amides is 1. The fourth-order valence-electron chi connectivity index (χ4n) is 1.92. The Labute approximate surface area is 154 Å². The SMILES string of the molecule is C[C@@H](OC(=O)c1ccc(Cl)cc1N)C(=O)Nc1ccc(C#N)c(Cl)c1. The van der Waals surface area contributed by atoms with Gasteiger partial charge in [-0.3, -0.25) is 4.79 Å². The van der Waals surface area contributed by atoms with E-state index in [-0.39, 0.29) is 21.8 Å². The average Bonchev–Trinajstić information content (AvgIpc) is 2.54. The number of halogens is 2. The van der Waals surface area contributed by atoms with Gasteiger partial charge in [-0.15, -0.1) is 0 Å². The molecule has 0 saturated carbocycles. The summed E-state index contributed by atoms with van der Waals surface area (Å²) >= 11 is 11.7. The van der Waals surface area contributed by atoms with Gasteiger partial charge >= 0.3 is 5.97 Å². The molecule has 0 saturated heterocycles. The topological polar surface area (TPSA) is 105 Å². The molecule has 0 aliphatic rings. The minimum Gasteiger partial charge on any atom is -0.449 e. The molecule has 2 aromatic rings. The van der Waals surface area contributed by atoms with Crippen LogP contribution in [-0.4, -0.2) is 18.0 Å². The number of ether oxygens (including phenoxy) is 1. The summed E-state index contributed by atoms with van der Waals surface area (Å²) in [5.74, 6) is -1.30. The van der Waals surface area contributed by atoms with Crippen molar-refractivity contribution < 1.29 is 14.3 Å². The maximum Gasteiger partial charge on any atom is 0.341 e. The molecule has 0 heterocycles. The van der Waals surface area contributed by atoms with Gasteiger partial charge in [0.1, 0.15) is 6.07 Å². The zero-order valence-corrected chi connectivity index (χ0v) is 14.6. The van der Waals surface area contributed by atoms with Gasteiger partial charge in [0.2, 0.25) is 0 Å². The molecule has 128 valence electrons. The number of nitrogens with one attached hydrogen (secondary N) is 1. The van der Waals surface area contributed by atoms with Gasteiger partial charge in [-0.1, -0.05) is 23.2 Å². The second-order valence-electron chi connectivity index (χ2n) is 5.07. The summed E-state index contributed by atoms with van der Waals surface area (Å²) in [5.41, 5.74) is 6.65. The number of nitrogens with two attached hydrogens (primary N) is 1. The summed E-state index contributed by atoms with van der Waals surface area (Å²) in [4.78, 5) is 24.2. The van der Waals surface area contributed by atoms with Crippen LogP contribution in [0.15, 0.2) is 36.4 Å². The molecule has 2 aromatic carbocycles. The number of hydrogen-bond donors (Lipinski definition) is 2. The third-order valence-electron chi connectivity index (χ3n) is 3.24. The van der Waals surface area contributed by atoms with Crippen LogP contribution in [-0.2, 0) is 9.53 Å². The van der Waals surface area contributed by atoms with Gasteiger partial charge in [0, 0.05) is 16.4 Å². The van der Waals surface area contributed by atoms with Crippen LogP contribution in [0, 0.1) is 11.3 Å². The second-order valence-corrected chi connectivity index (χ2v) is 5.92. The van der Waals surface area contributed by atoms with Crippen molar-refractivity contribution in [3.05, 3.63) is 57.6 Å². The number of carbonyl (C=O) groups excluding carboxylic acids is 2. The molecular weight excluding hydrogens is 365 g/mol. The number of nitrogen functional groups attached to an aromatic ring is 1. The summed E-state index contributed by atoms with van der Waals surface area (Å²) < 4.78 is 5.11. The number of nitriles is 1. The van der Waals surface area contributed by atoms with E-state index in [0.717, 1.165) is 0 Å². The van der Waals surface area contributed by atoms with Gasteiger partial charge in [-0.2, -0.15) is 5.26 Å². The average molecular weight is 378 g/mol. The predicted octanol–water partition coefficient (Wildman–Crippen LogP) is 3.63. The highest BCUT2D eigenvalue weighted by molar-refractivity contribution is 6.32. The standard InChI is InChI=1S/C17H13Cl2N3O3/c1-9(25-17(24)13-5-3-11(18)6-15(13)21)16(23)22-12-4-2-10(8-20)14(19)7-12/h2-7,9H,21H2,1H3,(H,22,23)/t9-/m1/s1. The van der Waals surface area contributed by atoms with E-state index < -0.39 is 18.0 Å². The molecule has 0 spiro atoms. The molecule has 1 amide bonds. The predicted molar refractivity (Wildman–Crippen MR) is 95.5 cm³/mol. The Hall–Kier alpha value is -2.75. The number of anilines is 2. The zero-order chi connectivity index (χ0) is 18.6. The highest BCUT2D eigenvalue weighted by Crippen LogP contribution is 2.21. The largest absolute Gasteiger partial charge is 0.449 e. The second kappa shape index (κ2) is 7.88. The minimum atomic E-state index is -1.07. The van der Waals surface area contributed by atoms with E-state index in [2.05, 4.69) is 5.32 Å². The lowest BCUT2D eigenvalue weighted by Gasteiger charge is -2.14. The van der Waals surface area contributed by atoms with E-state index in [1.54, 1.807) is 0 Å². The molecule has 0 aliphatic heterocycles. The van der Waals surface area contributed by atoms with Gasteiger partial charge in [-0.25, -0.2) is 4.79 Å². The molecule has 0 aromatic heterocycles. The van der Waals surface area contributed by atoms with Crippen LogP contribution in [0.5, 0.6) is 0 Å². The summed E-state index contributed by atoms with van der Waals surface area (Å²) in [7, 11) is 0. The Kier molecular flexibility index (Phi) is 5.86. The van der Waals surface area contributed by atoms with Gasteiger partial charge in [-0.05, 0) is 43.3 Å². The molecular formula is C17H13Cl2N3O3. The monoisotopic (exact) mass is 377 g/mol. The first-order valence-corrected chi connectivity index (χ1v) is 7.84. The van der Waals surface area contributed by atoms with E-state index in [1.807, 2.05) is 6.07 Å². The molecule has 1 atom stereocenters. The molecule has 6 nitrogen and oxygen atoms in total. The number of rotatable bonds is 4. The van der Waals surface area contributed by atoms with Crippen LogP contribution in [0.2, 0.25) is 10.0 Å². The Bertz CT molecular complexity index is 878. The normalized spacial score (nSPS) is 11.3. The quantitative estimate of drug-likeness (QED) is 0.624. The fraction of sp³-hybridized carbons (Fsp3) is 0.118. The van der Waals surface area contributed by atoms with Crippen LogP contribution in [0.25, 0.3) is 0 Å². The lowest BCUT2D eigenvalue weighted by atomic mass is 10.2. The van der Waals surface area contributed by atoms with Crippen molar-refractivity contribution in [2.75, 3.05) is 11.1 Å². The van der Waals surface area contributed by atoms with Crippen LogP contribution >= 0.6 is 23.2 Å². The third kappa shape index (κ3) is 4.63. The van der Waals surface area contributed by atoms with Gasteiger partial charge in [0.15, 0.2) is 6.10 Å². The highest BCUT2D eigenvalue weighted by Gasteiger charge is 2.20. The smallest absolute Gasteiger partial charge is 0.341 e. The summed E-state index contributed by atoms with van der Waals surface area (Å²) in [6, 6.07) is 10.7. The Morgan fingerprint density at radius 1 is 1.24 bits per heavy atom. The summed E-state index contributed by atoms with van der Waals surface area (Å²) in [5, 5.41) is 12.0. The highest BCUT2D eigenvalue weighted by atomic mass is 35.5. The Balaban J connectivity index is 2.04. The molecule has 3 N–H and O–H groups in total. The number of hydrogen-bond acceptors (Lipinski definition) is 5. The number of benzene rings is 2. The van der Waals surface area contributed by atoms with Crippen LogP contribution in [0.3, 0.4) is 0 Å². The van der Waals surface area contributed by atoms with Crippen molar-refractivity contribution in [3.63, 3.8) is 0 Å². The molecule has 2 rings (SSSR count). The van der Waals surface area contributed by atoms with Crippen molar-refractivity contribution >= 4 is 46.5 Å². The van der Waals surface area contributed by atoms with E-state index in [4.69, 9.17) is 38.9 Å². The van der Waals surface area contributed by atoms with Crippen molar-refractivity contribution in [2.45, 2.75) is 13.0 Å². The first kappa shape index (κ1) is 18.6. The van der Waals surface area contributed by atoms with Crippen LogP contribution < -0.4 is 11.1 Å². The molecule has 0 radical (unpaired) electrons. The number of carbonyl (C=O) groups is 2. The zero-order valence-electron chi connectivity index (χ0n) is 13.0. The Morgan fingerprint density at radius 2 is 1.96 bits per heavy atom. The number of nitrogens with zero attached hydrogens (tertiary/aromatic N) is 1. The maximum absolute atomic E-state index is 12.1. The molecule has 25 heavy (non-hydrogen) atoms. The van der Waals surface area contributed by atoms with E-state index in [0.29, 0.717) is 10.7 Å². The van der Waals surface area contributed by atoms with E-state index in [1.165, 1.54) is 43.3 Å². The van der Waals surface area contributed by atoms with Crippen molar-refractivity contribution in [3.8, 4) is 6.07 Å². The Morgan fingerprint density at radius 3 is 2.56 bits per heavy atom. The first-order valence-electron chi connectivity index (χ1n) is 7.08. The number of esters is 1.